The number of hydrogen-bond donors (Lipinski definition) is 0. The largest absolute Gasteiger partial charge is 0.458 e. The van der Waals surface area contributed by atoms with E-state index in [0.717, 1.165) is 31.4 Å². The van der Waals surface area contributed by atoms with Gasteiger partial charge in [0, 0.05) is 6.42 Å². The van der Waals surface area contributed by atoms with Gasteiger partial charge in [0.2, 0.25) is 0 Å². The first-order chi connectivity index (χ1) is 9.34. The van der Waals surface area contributed by atoms with Crippen molar-refractivity contribution in [2.75, 3.05) is 0 Å². The SMILES string of the molecule is CCCCCC(=O)O[C@H](C)c1ccc(C(F)(F)F)cc1. The summed E-state index contributed by atoms with van der Waals surface area (Å²) in [7, 11) is 0. The lowest BCUT2D eigenvalue weighted by Crippen LogP contribution is -2.09. The molecule has 0 N–H and O–H groups in total. The van der Waals surface area contributed by atoms with Gasteiger partial charge < -0.3 is 4.74 Å². The van der Waals surface area contributed by atoms with E-state index in [1.165, 1.54) is 12.1 Å². The number of carbonyl (C=O) groups excluding carboxylic acids is 1. The Morgan fingerprint density at radius 2 is 1.80 bits per heavy atom. The van der Waals surface area contributed by atoms with E-state index in [-0.39, 0.29) is 5.97 Å². The van der Waals surface area contributed by atoms with E-state index in [0.29, 0.717) is 12.0 Å². The van der Waals surface area contributed by atoms with Crippen LogP contribution in [0, 0.1) is 0 Å². The van der Waals surface area contributed by atoms with Crippen molar-refractivity contribution in [1.82, 2.24) is 0 Å². The summed E-state index contributed by atoms with van der Waals surface area (Å²) in [6.45, 7) is 3.69. The van der Waals surface area contributed by atoms with Crippen LogP contribution in [-0.2, 0) is 15.7 Å². The normalized spacial score (nSPS) is 13.1. The summed E-state index contributed by atoms with van der Waals surface area (Å²) in [5, 5.41) is 0. The van der Waals surface area contributed by atoms with Gasteiger partial charge in [-0.2, -0.15) is 13.2 Å². The number of halogens is 3. The lowest BCUT2D eigenvalue weighted by atomic mass is 10.1. The highest BCUT2D eigenvalue weighted by Crippen LogP contribution is 2.30. The number of carbonyl (C=O) groups is 1. The molecule has 112 valence electrons. The second-order valence-corrected chi connectivity index (χ2v) is 4.71. The Morgan fingerprint density at radius 3 is 2.30 bits per heavy atom. The molecule has 0 aromatic heterocycles. The monoisotopic (exact) mass is 288 g/mol. The lowest BCUT2D eigenvalue weighted by molar-refractivity contribution is -0.148. The Morgan fingerprint density at radius 1 is 1.20 bits per heavy atom. The smallest absolute Gasteiger partial charge is 0.416 e. The van der Waals surface area contributed by atoms with Gasteiger partial charge in [0.25, 0.3) is 0 Å². The van der Waals surface area contributed by atoms with Crippen LogP contribution in [0.3, 0.4) is 0 Å². The molecule has 1 aromatic rings. The third-order valence-electron chi connectivity index (χ3n) is 3.00. The van der Waals surface area contributed by atoms with Crippen LogP contribution in [0.2, 0.25) is 0 Å². The Labute approximate surface area is 116 Å². The maximum atomic E-state index is 12.4. The predicted octanol–water partition coefficient (Wildman–Crippen LogP) is 4.89. The van der Waals surface area contributed by atoms with Crippen molar-refractivity contribution in [1.29, 1.82) is 0 Å². The zero-order chi connectivity index (χ0) is 15.2. The Kier molecular flexibility index (Phi) is 6.05. The molecule has 5 heteroatoms. The molecule has 0 unspecified atom stereocenters. The molecule has 0 aliphatic heterocycles. The molecule has 1 atom stereocenters. The van der Waals surface area contributed by atoms with Crippen LogP contribution in [0.15, 0.2) is 24.3 Å². The molecular formula is C15H19F3O2. The van der Waals surface area contributed by atoms with Crippen molar-refractivity contribution in [3.05, 3.63) is 35.4 Å². The Balaban J connectivity index is 2.55. The zero-order valence-corrected chi connectivity index (χ0v) is 11.7. The molecule has 0 aliphatic rings. The first kappa shape index (κ1) is 16.5. The third-order valence-corrected chi connectivity index (χ3v) is 3.00. The van der Waals surface area contributed by atoms with Crippen LogP contribution >= 0.6 is 0 Å². The van der Waals surface area contributed by atoms with Crippen LogP contribution in [0.25, 0.3) is 0 Å². The van der Waals surface area contributed by atoms with Crippen LogP contribution in [0.5, 0.6) is 0 Å². The van der Waals surface area contributed by atoms with Crippen molar-refractivity contribution >= 4 is 5.97 Å². The molecule has 0 bridgehead atoms. The molecule has 2 nitrogen and oxygen atoms in total. The van der Waals surface area contributed by atoms with Gasteiger partial charge in [-0.15, -0.1) is 0 Å². The molecule has 0 aliphatic carbocycles. The number of hydrogen-bond acceptors (Lipinski definition) is 2. The van der Waals surface area contributed by atoms with Gasteiger partial charge in [-0.05, 0) is 31.0 Å². The molecule has 0 saturated carbocycles. The Bertz CT molecular complexity index is 424. The number of esters is 1. The molecule has 1 rings (SSSR count). The van der Waals surface area contributed by atoms with E-state index in [4.69, 9.17) is 4.74 Å². The highest BCUT2D eigenvalue weighted by atomic mass is 19.4. The van der Waals surface area contributed by atoms with Crippen LogP contribution in [-0.4, -0.2) is 5.97 Å². The predicted molar refractivity (Wildman–Crippen MR) is 70.1 cm³/mol. The lowest BCUT2D eigenvalue weighted by Gasteiger charge is -2.14. The van der Waals surface area contributed by atoms with Crippen molar-refractivity contribution in [3.8, 4) is 0 Å². The van der Waals surface area contributed by atoms with Crippen LogP contribution < -0.4 is 0 Å². The van der Waals surface area contributed by atoms with E-state index in [2.05, 4.69) is 0 Å². The number of ether oxygens (including phenoxy) is 1. The van der Waals surface area contributed by atoms with E-state index in [1.807, 2.05) is 6.92 Å². The van der Waals surface area contributed by atoms with Crippen molar-refractivity contribution in [3.63, 3.8) is 0 Å². The van der Waals surface area contributed by atoms with Gasteiger partial charge in [-0.1, -0.05) is 31.9 Å². The van der Waals surface area contributed by atoms with E-state index < -0.39 is 17.8 Å². The minimum absolute atomic E-state index is 0.314. The molecule has 20 heavy (non-hydrogen) atoms. The van der Waals surface area contributed by atoms with Crippen LogP contribution in [0.1, 0.15) is 56.8 Å². The fourth-order valence-corrected chi connectivity index (χ4v) is 1.79. The molecule has 0 spiro atoms. The quantitative estimate of drug-likeness (QED) is 0.550. The highest BCUT2D eigenvalue weighted by molar-refractivity contribution is 5.69. The first-order valence-electron chi connectivity index (χ1n) is 6.71. The summed E-state index contributed by atoms with van der Waals surface area (Å²) in [6, 6.07) is 4.67. The van der Waals surface area contributed by atoms with Gasteiger partial charge >= 0.3 is 12.1 Å². The van der Waals surface area contributed by atoms with E-state index in [1.54, 1.807) is 6.92 Å². The summed E-state index contributed by atoms with van der Waals surface area (Å²) in [4.78, 5) is 11.5. The van der Waals surface area contributed by atoms with Gasteiger partial charge in [-0.25, -0.2) is 0 Å². The van der Waals surface area contributed by atoms with Gasteiger partial charge in [0.1, 0.15) is 6.10 Å². The maximum absolute atomic E-state index is 12.4. The second-order valence-electron chi connectivity index (χ2n) is 4.71. The average Bonchev–Trinajstić information content (AvgIpc) is 2.38. The summed E-state index contributed by atoms with van der Waals surface area (Å²) in [5.74, 6) is -0.314. The Hall–Kier alpha value is -1.52. The van der Waals surface area contributed by atoms with Gasteiger partial charge in [-0.3, -0.25) is 4.79 Å². The molecule has 1 aromatic carbocycles. The molecular weight excluding hydrogens is 269 g/mol. The molecule has 0 fully saturated rings. The average molecular weight is 288 g/mol. The third kappa shape index (κ3) is 5.23. The maximum Gasteiger partial charge on any atom is 0.416 e. The standard InChI is InChI=1S/C15H19F3O2/c1-3-4-5-6-14(19)20-11(2)12-7-9-13(10-8-12)15(16,17)18/h7-11H,3-6H2,1-2H3/t11-/m1/s1. The van der Waals surface area contributed by atoms with Crippen LogP contribution in [0.4, 0.5) is 13.2 Å². The number of unbranched alkanes of at least 4 members (excludes halogenated alkanes) is 2. The van der Waals surface area contributed by atoms with Gasteiger partial charge in [0.15, 0.2) is 0 Å². The number of benzene rings is 1. The molecule has 0 saturated heterocycles. The molecule has 0 heterocycles. The minimum atomic E-state index is -4.35. The highest BCUT2D eigenvalue weighted by Gasteiger charge is 2.30. The summed E-state index contributed by atoms with van der Waals surface area (Å²) in [5.41, 5.74) is -0.149. The number of alkyl halides is 3. The van der Waals surface area contributed by atoms with E-state index >= 15 is 0 Å². The second kappa shape index (κ2) is 7.31. The van der Waals surface area contributed by atoms with Crippen molar-refractivity contribution in [2.45, 2.75) is 51.8 Å². The topological polar surface area (TPSA) is 26.3 Å². The zero-order valence-electron chi connectivity index (χ0n) is 11.7. The summed E-state index contributed by atoms with van der Waals surface area (Å²) >= 11 is 0. The summed E-state index contributed by atoms with van der Waals surface area (Å²) < 4.78 is 42.4. The van der Waals surface area contributed by atoms with E-state index in [9.17, 15) is 18.0 Å². The van der Waals surface area contributed by atoms with Crippen molar-refractivity contribution < 1.29 is 22.7 Å². The first-order valence-corrected chi connectivity index (χ1v) is 6.71. The molecule has 0 radical (unpaired) electrons. The fraction of sp³-hybridized carbons (Fsp3) is 0.533. The fourth-order valence-electron chi connectivity index (χ4n) is 1.79. The summed E-state index contributed by atoms with van der Waals surface area (Å²) in [6.07, 6.45) is -1.79. The molecule has 0 amide bonds. The number of rotatable bonds is 6. The van der Waals surface area contributed by atoms with Gasteiger partial charge in [0.05, 0.1) is 5.56 Å². The minimum Gasteiger partial charge on any atom is -0.458 e. The van der Waals surface area contributed by atoms with Crippen molar-refractivity contribution in [2.24, 2.45) is 0 Å².